The fourth-order valence-corrected chi connectivity index (χ4v) is 4.41. The van der Waals surface area contributed by atoms with Crippen LogP contribution in [0.5, 0.6) is 5.75 Å². The first-order valence-electron chi connectivity index (χ1n) is 7.50. The number of hydrogen-bond acceptors (Lipinski definition) is 3. The van der Waals surface area contributed by atoms with Gasteiger partial charge in [0, 0.05) is 16.6 Å². The Balaban J connectivity index is 1.77. The predicted molar refractivity (Wildman–Crippen MR) is 81.6 cm³/mol. The van der Waals surface area contributed by atoms with Crippen LogP contribution in [0.15, 0.2) is 18.2 Å². The molecule has 3 N–H and O–H groups in total. The average molecular weight is 295 g/mol. The van der Waals surface area contributed by atoms with Gasteiger partial charge in [-0.05, 0) is 61.6 Å². The zero-order chi connectivity index (χ0) is 14.1. The average Bonchev–Trinajstić information content (AvgIpc) is 3.07. The number of rotatable bonds is 5. The molecule has 2 aliphatic carbocycles. The Morgan fingerprint density at radius 2 is 2.25 bits per heavy atom. The molecule has 1 aromatic carbocycles. The lowest BCUT2D eigenvalue weighted by Gasteiger charge is -2.27. The van der Waals surface area contributed by atoms with E-state index in [-0.39, 0.29) is 6.04 Å². The van der Waals surface area contributed by atoms with Gasteiger partial charge in [-0.2, -0.15) is 0 Å². The number of methoxy groups -OCH3 is 1. The number of nitrogens with two attached hydrogens (primary N) is 1. The maximum atomic E-state index is 6.13. The summed E-state index contributed by atoms with van der Waals surface area (Å²) in [6, 6.07) is 5.86. The topological polar surface area (TPSA) is 47.3 Å². The number of benzene rings is 1. The molecule has 0 aromatic heterocycles. The Labute approximate surface area is 125 Å². The Kier molecular flexibility index (Phi) is 4.20. The van der Waals surface area contributed by atoms with Gasteiger partial charge in [0.25, 0.3) is 0 Å². The highest BCUT2D eigenvalue weighted by molar-refractivity contribution is 6.30. The van der Waals surface area contributed by atoms with Gasteiger partial charge < -0.3 is 4.74 Å². The van der Waals surface area contributed by atoms with Crippen LogP contribution < -0.4 is 16.0 Å². The van der Waals surface area contributed by atoms with Crippen LogP contribution in [0.2, 0.25) is 5.02 Å². The van der Waals surface area contributed by atoms with E-state index in [1.807, 2.05) is 18.2 Å². The second-order valence-corrected chi connectivity index (χ2v) is 6.71. The first-order valence-corrected chi connectivity index (χ1v) is 7.88. The SMILES string of the molecule is COc1ccc(Cl)cc1C(CC1CC2CCC1C2)NN. The molecule has 0 amide bonds. The van der Waals surface area contributed by atoms with Crippen LogP contribution in [0.3, 0.4) is 0 Å². The van der Waals surface area contributed by atoms with Crippen LogP contribution in [-0.4, -0.2) is 7.11 Å². The zero-order valence-corrected chi connectivity index (χ0v) is 12.7. The van der Waals surface area contributed by atoms with Gasteiger partial charge in [-0.15, -0.1) is 0 Å². The standard InChI is InChI=1S/C16H23ClN2O/c1-20-16-5-4-13(17)9-14(16)15(19-18)8-12-7-10-2-3-11(12)6-10/h4-5,9-12,15,19H,2-3,6-8,18H2,1H3. The van der Waals surface area contributed by atoms with E-state index in [9.17, 15) is 0 Å². The molecule has 110 valence electrons. The molecule has 0 spiro atoms. The molecule has 4 heteroatoms. The van der Waals surface area contributed by atoms with E-state index < -0.39 is 0 Å². The molecule has 0 radical (unpaired) electrons. The van der Waals surface area contributed by atoms with E-state index in [1.54, 1.807) is 7.11 Å². The van der Waals surface area contributed by atoms with Gasteiger partial charge in [0.05, 0.1) is 7.11 Å². The van der Waals surface area contributed by atoms with Gasteiger partial charge in [0.1, 0.15) is 5.75 Å². The summed E-state index contributed by atoms with van der Waals surface area (Å²) in [6.45, 7) is 0. The second kappa shape index (κ2) is 5.92. The lowest BCUT2D eigenvalue weighted by molar-refractivity contribution is 0.276. The summed E-state index contributed by atoms with van der Waals surface area (Å²) < 4.78 is 5.46. The van der Waals surface area contributed by atoms with Crippen molar-refractivity contribution < 1.29 is 4.74 Å². The molecule has 4 unspecified atom stereocenters. The molecule has 2 aliphatic rings. The predicted octanol–water partition coefficient (Wildman–Crippen LogP) is 3.68. The molecule has 2 fully saturated rings. The van der Waals surface area contributed by atoms with Crippen molar-refractivity contribution in [2.24, 2.45) is 23.6 Å². The van der Waals surface area contributed by atoms with Crippen LogP contribution in [0.4, 0.5) is 0 Å². The molecule has 3 rings (SSSR count). The molecule has 2 bridgehead atoms. The van der Waals surface area contributed by atoms with E-state index >= 15 is 0 Å². The third kappa shape index (κ3) is 2.67. The number of halogens is 1. The molecule has 3 nitrogen and oxygen atoms in total. The zero-order valence-electron chi connectivity index (χ0n) is 11.9. The molecule has 0 heterocycles. The summed E-state index contributed by atoms with van der Waals surface area (Å²) in [7, 11) is 1.69. The third-order valence-electron chi connectivity index (χ3n) is 5.19. The Hall–Kier alpha value is -0.770. The van der Waals surface area contributed by atoms with Crippen molar-refractivity contribution in [1.82, 2.24) is 5.43 Å². The highest BCUT2D eigenvalue weighted by Crippen LogP contribution is 2.51. The number of hydrazine groups is 1. The summed E-state index contributed by atoms with van der Waals surface area (Å²) in [4.78, 5) is 0. The van der Waals surface area contributed by atoms with Crippen LogP contribution in [0.1, 0.15) is 43.7 Å². The van der Waals surface area contributed by atoms with Gasteiger partial charge in [0.15, 0.2) is 0 Å². The fourth-order valence-electron chi connectivity index (χ4n) is 4.23. The molecule has 20 heavy (non-hydrogen) atoms. The van der Waals surface area contributed by atoms with E-state index in [2.05, 4.69) is 5.43 Å². The number of nitrogens with one attached hydrogen (secondary N) is 1. The lowest BCUT2D eigenvalue weighted by Crippen LogP contribution is -2.31. The fraction of sp³-hybridized carbons (Fsp3) is 0.625. The summed E-state index contributed by atoms with van der Waals surface area (Å²) in [5.74, 6) is 9.32. The largest absolute Gasteiger partial charge is 0.496 e. The molecule has 0 aliphatic heterocycles. The minimum absolute atomic E-state index is 0.119. The Morgan fingerprint density at radius 1 is 1.40 bits per heavy atom. The lowest BCUT2D eigenvalue weighted by atomic mass is 9.83. The van der Waals surface area contributed by atoms with Crippen molar-refractivity contribution in [3.05, 3.63) is 28.8 Å². The van der Waals surface area contributed by atoms with Crippen LogP contribution in [0.25, 0.3) is 0 Å². The van der Waals surface area contributed by atoms with Crippen molar-refractivity contribution in [3.8, 4) is 5.75 Å². The van der Waals surface area contributed by atoms with Crippen molar-refractivity contribution in [3.63, 3.8) is 0 Å². The maximum absolute atomic E-state index is 6.13. The van der Waals surface area contributed by atoms with Crippen molar-refractivity contribution in [1.29, 1.82) is 0 Å². The van der Waals surface area contributed by atoms with Gasteiger partial charge in [0.2, 0.25) is 0 Å². The van der Waals surface area contributed by atoms with Gasteiger partial charge in [-0.1, -0.05) is 18.0 Å². The first-order chi connectivity index (χ1) is 9.71. The third-order valence-corrected chi connectivity index (χ3v) is 5.43. The second-order valence-electron chi connectivity index (χ2n) is 6.28. The number of fused-ring (bicyclic) bond motifs is 2. The Morgan fingerprint density at radius 3 is 2.85 bits per heavy atom. The Bertz CT molecular complexity index is 480. The molecular formula is C16H23ClN2O. The van der Waals surface area contributed by atoms with Crippen LogP contribution in [-0.2, 0) is 0 Å². The maximum Gasteiger partial charge on any atom is 0.123 e. The number of hydrogen-bond donors (Lipinski definition) is 2. The van der Waals surface area contributed by atoms with Gasteiger partial charge >= 0.3 is 0 Å². The van der Waals surface area contributed by atoms with Crippen LogP contribution in [0, 0.1) is 17.8 Å². The van der Waals surface area contributed by atoms with Crippen molar-refractivity contribution >= 4 is 11.6 Å². The quantitative estimate of drug-likeness (QED) is 0.643. The molecular weight excluding hydrogens is 272 g/mol. The summed E-state index contributed by atoms with van der Waals surface area (Å²) >= 11 is 6.13. The molecule has 2 saturated carbocycles. The molecule has 4 atom stereocenters. The minimum Gasteiger partial charge on any atom is -0.496 e. The summed E-state index contributed by atoms with van der Waals surface area (Å²) in [5.41, 5.74) is 4.04. The van der Waals surface area contributed by atoms with Crippen LogP contribution >= 0.6 is 11.6 Å². The van der Waals surface area contributed by atoms with Gasteiger partial charge in [-0.25, -0.2) is 0 Å². The van der Waals surface area contributed by atoms with Crippen molar-refractivity contribution in [2.75, 3.05) is 7.11 Å². The highest BCUT2D eigenvalue weighted by Gasteiger charge is 2.40. The van der Waals surface area contributed by atoms with E-state index in [0.29, 0.717) is 0 Å². The van der Waals surface area contributed by atoms with Crippen molar-refractivity contribution in [2.45, 2.75) is 38.1 Å². The number of ether oxygens (including phenoxy) is 1. The first kappa shape index (κ1) is 14.2. The molecule has 0 saturated heterocycles. The summed E-state index contributed by atoms with van der Waals surface area (Å²) in [6.07, 6.45) is 6.70. The smallest absolute Gasteiger partial charge is 0.123 e. The van der Waals surface area contributed by atoms with E-state index in [4.69, 9.17) is 22.2 Å². The summed E-state index contributed by atoms with van der Waals surface area (Å²) in [5, 5.41) is 0.731. The van der Waals surface area contributed by atoms with E-state index in [1.165, 1.54) is 25.7 Å². The van der Waals surface area contributed by atoms with E-state index in [0.717, 1.165) is 40.5 Å². The normalized spacial score (nSPS) is 29.6. The monoisotopic (exact) mass is 294 g/mol. The molecule has 1 aromatic rings. The van der Waals surface area contributed by atoms with Gasteiger partial charge in [-0.3, -0.25) is 11.3 Å². The highest BCUT2D eigenvalue weighted by atomic mass is 35.5. The minimum atomic E-state index is 0.119.